The van der Waals surface area contributed by atoms with Crippen LogP contribution in [0.2, 0.25) is 0 Å². The first-order valence-electron chi connectivity index (χ1n) is 9.85. The normalized spacial score (nSPS) is 11.7. The summed E-state index contributed by atoms with van der Waals surface area (Å²) in [5.74, 6) is 0.750. The van der Waals surface area contributed by atoms with E-state index in [0.717, 1.165) is 33.6 Å². The second kappa shape index (κ2) is 9.06. The minimum Gasteiger partial charge on any atom is -0.494 e. The second-order valence-electron chi connectivity index (χ2n) is 6.99. The highest BCUT2D eigenvalue weighted by atomic mass is 32.1. The zero-order valence-corrected chi connectivity index (χ0v) is 17.9. The fourth-order valence-electron chi connectivity index (χ4n) is 3.01. The van der Waals surface area contributed by atoms with E-state index >= 15 is 0 Å². The molecule has 0 fully saturated rings. The van der Waals surface area contributed by atoms with Crippen molar-refractivity contribution in [3.05, 3.63) is 101 Å². The van der Waals surface area contributed by atoms with Crippen molar-refractivity contribution in [3.8, 4) is 5.75 Å². The molecule has 0 unspecified atom stereocenters. The Morgan fingerprint density at radius 3 is 2.50 bits per heavy atom. The molecule has 9 nitrogen and oxygen atoms in total. The number of nitrogens with zero attached hydrogens (tertiary/aromatic N) is 4. The Labute approximate surface area is 185 Å². The Balaban J connectivity index is 1.65. The highest BCUT2D eigenvalue weighted by Crippen LogP contribution is 2.14. The molecule has 2 heterocycles. The summed E-state index contributed by atoms with van der Waals surface area (Å²) in [6.45, 7) is 2.66. The van der Waals surface area contributed by atoms with Gasteiger partial charge < -0.3 is 4.74 Å². The minimum absolute atomic E-state index is 0.0378. The summed E-state index contributed by atoms with van der Waals surface area (Å²) < 4.78 is 7.01. The van der Waals surface area contributed by atoms with Crippen LogP contribution >= 0.6 is 11.3 Å². The summed E-state index contributed by atoms with van der Waals surface area (Å²) in [4.78, 5) is 39.7. The van der Waals surface area contributed by atoms with Gasteiger partial charge in [0, 0.05) is 18.6 Å². The third-order valence-electron chi connectivity index (χ3n) is 4.62. The van der Waals surface area contributed by atoms with Gasteiger partial charge in [0.15, 0.2) is 0 Å². The van der Waals surface area contributed by atoms with Crippen molar-refractivity contribution >= 4 is 28.1 Å². The van der Waals surface area contributed by atoms with Crippen LogP contribution in [0.5, 0.6) is 5.75 Å². The van der Waals surface area contributed by atoms with E-state index in [9.17, 15) is 19.7 Å². The quantitative estimate of drug-likeness (QED) is 0.313. The van der Waals surface area contributed by atoms with E-state index in [2.05, 4.69) is 10.1 Å². The number of rotatable bonds is 7. The molecule has 0 aliphatic carbocycles. The van der Waals surface area contributed by atoms with Crippen molar-refractivity contribution in [3.63, 3.8) is 0 Å². The van der Waals surface area contributed by atoms with E-state index in [1.807, 2.05) is 31.2 Å². The van der Waals surface area contributed by atoms with Gasteiger partial charge in [-0.1, -0.05) is 30.4 Å². The molecule has 4 rings (SSSR count). The zero-order valence-electron chi connectivity index (χ0n) is 17.1. The molecule has 0 bridgehead atoms. The number of nitro benzene ring substituents is 1. The SMILES string of the molecule is CCCOc1ccc(Cc2nn3c(=O)c(=Cc4ccc([N+](=O)[O-])cc4)sc3nc2=O)cc1. The number of aromatic nitrogens is 3. The molecule has 32 heavy (non-hydrogen) atoms. The van der Waals surface area contributed by atoms with Gasteiger partial charge >= 0.3 is 0 Å². The lowest BCUT2D eigenvalue weighted by molar-refractivity contribution is -0.384. The topological polar surface area (TPSA) is 117 Å². The van der Waals surface area contributed by atoms with E-state index in [-0.39, 0.29) is 22.8 Å². The molecule has 2 aromatic carbocycles. The minimum atomic E-state index is -0.491. The summed E-state index contributed by atoms with van der Waals surface area (Å²) in [6, 6.07) is 13.2. The Hall–Kier alpha value is -3.92. The molecule has 0 radical (unpaired) electrons. The van der Waals surface area contributed by atoms with Crippen LogP contribution in [0.25, 0.3) is 11.0 Å². The molecular weight excluding hydrogens is 432 g/mol. The molecule has 10 heteroatoms. The molecule has 0 atom stereocenters. The molecule has 0 aliphatic heterocycles. The lowest BCUT2D eigenvalue weighted by Crippen LogP contribution is -2.28. The van der Waals surface area contributed by atoms with Crippen LogP contribution in [-0.2, 0) is 6.42 Å². The van der Waals surface area contributed by atoms with E-state index in [4.69, 9.17) is 4.74 Å². The smallest absolute Gasteiger partial charge is 0.296 e. The third-order valence-corrected chi connectivity index (χ3v) is 5.58. The number of hydrogen-bond acceptors (Lipinski definition) is 8. The Kier molecular flexibility index (Phi) is 6.04. The predicted octanol–water partition coefficient (Wildman–Crippen LogP) is 2.35. The van der Waals surface area contributed by atoms with Gasteiger partial charge in [0.1, 0.15) is 11.4 Å². The van der Waals surface area contributed by atoms with Crippen LogP contribution < -0.4 is 20.4 Å². The molecule has 0 saturated carbocycles. The van der Waals surface area contributed by atoms with Crippen LogP contribution in [0.1, 0.15) is 30.2 Å². The molecule has 0 saturated heterocycles. The monoisotopic (exact) mass is 450 g/mol. The van der Waals surface area contributed by atoms with Crippen LogP contribution in [0, 0.1) is 10.1 Å². The number of hydrogen-bond donors (Lipinski definition) is 0. The number of non-ortho nitro benzene ring substituents is 1. The molecule has 0 spiro atoms. The van der Waals surface area contributed by atoms with Gasteiger partial charge in [-0.05, 0) is 47.9 Å². The maximum absolute atomic E-state index is 12.8. The summed E-state index contributed by atoms with van der Waals surface area (Å²) in [6.07, 6.45) is 2.74. The summed E-state index contributed by atoms with van der Waals surface area (Å²) >= 11 is 1.04. The van der Waals surface area contributed by atoms with Gasteiger partial charge in [-0.3, -0.25) is 19.7 Å². The Morgan fingerprint density at radius 2 is 1.84 bits per heavy atom. The summed E-state index contributed by atoms with van der Waals surface area (Å²) in [5.41, 5.74) is 0.707. The number of ether oxygens (including phenoxy) is 1. The van der Waals surface area contributed by atoms with Gasteiger partial charge in [0.25, 0.3) is 16.8 Å². The van der Waals surface area contributed by atoms with Crippen molar-refractivity contribution in [1.82, 2.24) is 14.6 Å². The van der Waals surface area contributed by atoms with E-state index in [0.29, 0.717) is 16.7 Å². The van der Waals surface area contributed by atoms with E-state index in [1.54, 1.807) is 18.2 Å². The molecule has 0 amide bonds. The first kappa shape index (κ1) is 21.3. The highest BCUT2D eigenvalue weighted by molar-refractivity contribution is 7.15. The second-order valence-corrected chi connectivity index (χ2v) is 8.00. The van der Waals surface area contributed by atoms with Crippen molar-refractivity contribution in [2.24, 2.45) is 0 Å². The summed E-state index contributed by atoms with van der Waals surface area (Å²) in [5, 5.41) is 15.0. The van der Waals surface area contributed by atoms with Crippen molar-refractivity contribution in [2.45, 2.75) is 19.8 Å². The standard InChI is InChI=1S/C22H18N4O5S/c1-2-11-31-17-9-5-14(6-10-17)12-18-20(27)23-22-25(24-18)21(28)19(32-22)13-15-3-7-16(8-4-15)26(29)30/h3-10,13H,2,11-12H2,1H3. The number of nitro groups is 1. The number of benzene rings is 2. The number of fused-ring (bicyclic) bond motifs is 1. The predicted molar refractivity (Wildman–Crippen MR) is 120 cm³/mol. The largest absolute Gasteiger partial charge is 0.494 e. The van der Waals surface area contributed by atoms with Crippen molar-refractivity contribution in [2.75, 3.05) is 6.61 Å². The third kappa shape index (κ3) is 4.54. The summed E-state index contributed by atoms with van der Waals surface area (Å²) in [7, 11) is 0. The zero-order chi connectivity index (χ0) is 22.7. The Bertz CT molecular complexity index is 1440. The fraction of sp³-hybridized carbons (Fsp3) is 0.182. The van der Waals surface area contributed by atoms with Crippen LogP contribution in [-0.4, -0.2) is 26.1 Å². The van der Waals surface area contributed by atoms with Gasteiger partial charge in [0.2, 0.25) is 4.96 Å². The average Bonchev–Trinajstić information content (AvgIpc) is 3.08. The number of thiazole rings is 1. The lowest BCUT2D eigenvalue weighted by atomic mass is 10.1. The molecule has 0 N–H and O–H groups in total. The lowest BCUT2D eigenvalue weighted by Gasteiger charge is -2.05. The molecule has 162 valence electrons. The molecule has 0 aliphatic rings. The maximum atomic E-state index is 12.8. The molecular formula is C22H18N4O5S. The van der Waals surface area contributed by atoms with Gasteiger partial charge in [0.05, 0.1) is 16.1 Å². The van der Waals surface area contributed by atoms with E-state index in [1.165, 1.54) is 12.1 Å². The maximum Gasteiger partial charge on any atom is 0.296 e. The highest BCUT2D eigenvalue weighted by Gasteiger charge is 2.12. The van der Waals surface area contributed by atoms with Gasteiger partial charge in [-0.25, -0.2) is 0 Å². The first-order chi connectivity index (χ1) is 15.4. The van der Waals surface area contributed by atoms with Crippen LogP contribution in [0.15, 0.2) is 58.1 Å². The Morgan fingerprint density at radius 1 is 1.12 bits per heavy atom. The van der Waals surface area contributed by atoms with E-state index < -0.39 is 16.0 Å². The average molecular weight is 450 g/mol. The van der Waals surface area contributed by atoms with Crippen LogP contribution in [0.4, 0.5) is 5.69 Å². The fourth-order valence-corrected chi connectivity index (χ4v) is 3.92. The molecule has 4 aromatic rings. The first-order valence-corrected chi connectivity index (χ1v) is 10.7. The molecule has 2 aromatic heterocycles. The van der Waals surface area contributed by atoms with Crippen molar-refractivity contribution < 1.29 is 9.66 Å². The van der Waals surface area contributed by atoms with Crippen molar-refractivity contribution in [1.29, 1.82) is 0 Å². The van der Waals surface area contributed by atoms with Crippen LogP contribution in [0.3, 0.4) is 0 Å². The van der Waals surface area contributed by atoms with Gasteiger partial charge in [-0.15, -0.1) is 0 Å². The van der Waals surface area contributed by atoms with Gasteiger partial charge in [-0.2, -0.15) is 14.6 Å².